The Bertz CT molecular complexity index is 1020. The zero-order valence-corrected chi connectivity index (χ0v) is 16.9. The predicted octanol–water partition coefficient (Wildman–Crippen LogP) is 1.60. The van der Waals surface area contributed by atoms with Gasteiger partial charge in [-0.2, -0.15) is 0 Å². The van der Waals surface area contributed by atoms with Gasteiger partial charge in [-0.3, -0.25) is 14.5 Å². The van der Waals surface area contributed by atoms with Crippen molar-refractivity contribution in [3.8, 4) is 0 Å². The number of hydrogen-bond acceptors (Lipinski definition) is 7. The number of β-lactam (4-membered cyclic amide) rings is 1. The number of esters is 1. The third-order valence-corrected chi connectivity index (χ3v) is 6.19. The van der Waals surface area contributed by atoms with Gasteiger partial charge in [0.2, 0.25) is 5.95 Å². The largest absolute Gasteiger partial charge is 0.477 e. The van der Waals surface area contributed by atoms with E-state index in [4.69, 9.17) is 4.74 Å². The van der Waals surface area contributed by atoms with Crippen molar-refractivity contribution < 1.29 is 24.2 Å². The maximum atomic E-state index is 12.7. The van der Waals surface area contributed by atoms with Crippen LogP contribution in [0.5, 0.6) is 0 Å². The Morgan fingerprint density at radius 2 is 2.13 bits per heavy atom. The Hall–Kier alpha value is -3.27. The van der Waals surface area contributed by atoms with Crippen LogP contribution in [0, 0.1) is 0 Å². The summed E-state index contributed by atoms with van der Waals surface area (Å²) in [5.74, 6) is -1.24. The molecule has 30 heavy (non-hydrogen) atoms. The van der Waals surface area contributed by atoms with Crippen LogP contribution in [-0.4, -0.2) is 61.6 Å². The monoisotopic (exact) mass is 428 g/mol. The zero-order chi connectivity index (χ0) is 21.3. The zero-order valence-electron chi connectivity index (χ0n) is 16.1. The summed E-state index contributed by atoms with van der Waals surface area (Å²) in [5.41, 5.74) is 2.26. The van der Waals surface area contributed by atoms with Crippen LogP contribution in [0.1, 0.15) is 18.2 Å². The van der Waals surface area contributed by atoms with Gasteiger partial charge in [-0.1, -0.05) is 30.3 Å². The minimum absolute atomic E-state index is 0.104. The highest BCUT2D eigenvalue weighted by Crippen LogP contribution is 2.41. The Kier molecular flexibility index (Phi) is 5.49. The molecule has 0 aliphatic carbocycles. The fourth-order valence-corrected chi connectivity index (χ4v) is 4.79. The van der Waals surface area contributed by atoms with Gasteiger partial charge in [0.1, 0.15) is 23.7 Å². The summed E-state index contributed by atoms with van der Waals surface area (Å²) in [6.07, 6.45) is 2.44. The number of carbonyl (C=O) groups excluding carboxylic acids is 2. The van der Waals surface area contributed by atoms with Crippen molar-refractivity contribution >= 4 is 35.6 Å². The fraction of sp³-hybridized carbons (Fsp3) is 0.300. The molecule has 4 rings (SSSR count). The van der Waals surface area contributed by atoms with E-state index < -0.39 is 18.0 Å². The Labute approximate surface area is 176 Å². The third-order valence-electron chi connectivity index (χ3n) is 4.85. The summed E-state index contributed by atoms with van der Waals surface area (Å²) < 4.78 is 4.94. The van der Waals surface area contributed by atoms with Gasteiger partial charge < -0.3 is 20.1 Å². The highest BCUT2D eigenvalue weighted by molar-refractivity contribution is 8.00. The van der Waals surface area contributed by atoms with E-state index in [1.54, 1.807) is 6.20 Å². The number of anilines is 1. The molecule has 3 N–H and O–H groups in total. The summed E-state index contributed by atoms with van der Waals surface area (Å²) in [6, 6.07) is 9.32. The van der Waals surface area contributed by atoms with E-state index in [1.807, 2.05) is 30.3 Å². The molecule has 1 fully saturated rings. The van der Waals surface area contributed by atoms with Crippen molar-refractivity contribution in [3.63, 3.8) is 0 Å². The summed E-state index contributed by atoms with van der Waals surface area (Å²) in [5, 5.41) is 12.3. The highest BCUT2D eigenvalue weighted by Gasteiger charge is 2.54. The second-order valence-electron chi connectivity index (χ2n) is 6.97. The van der Waals surface area contributed by atoms with Crippen molar-refractivity contribution in [3.05, 3.63) is 59.1 Å². The summed E-state index contributed by atoms with van der Waals surface area (Å²) in [7, 11) is 0. The van der Waals surface area contributed by atoms with Gasteiger partial charge in [-0.25, -0.2) is 9.78 Å². The summed E-state index contributed by atoms with van der Waals surface area (Å²) >= 11 is 1.42. The number of carboxylic acids is 1. The maximum Gasteiger partial charge on any atom is 0.352 e. The number of ether oxygens (including phenoxy) is 1. The van der Waals surface area contributed by atoms with Gasteiger partial charge in [0.05, 0.1) is 5.69 Å². The van der Waals surface area contributed by atoms with E-state index >= 15 is 0 Å². The first kappa shape index (κ1) is 20.0. The SMILES string of the molecule is CC(=O)OCC1=C(C(=O)O)N2C(=O)C(Nc3nc(Cc4ccccc4)c[nH]3)[C@@H]2SC1. The molecule has 0 bridgehead atoms. The molecular formula is C20H20N4O5S. The van der Waals surface area contributed by atoms with Gasteiger partial charge >= 0.3 is 11.9 Å². The molecule has 2 aliphatic heterocycles. The van der Waals surface area contributed by atoms with Crippen molar-refractivity contribution in [2.45, 2.75) is 24.8 Å². The number of fused-ring (bicyclic) bond motifs is 1. The molecule has 9 nitrogen and oxygen atoms in total. The normalized spacial score (nSPS) is 20.4. The number of thioether (sulfide) groups is 1. The molecule has 1 unspecified atom stereocenters. The lowest BCUT2D eigenvalue weighted by molar-refractivity contribution is -0.147. The van der Waals surface area contributed by atoms with Crippen LogP contribution in [0.4, 0.5) is 5.95 Å². The van der Waals surface area contributed by atoms with E-state index in [-0.39, 0.29) is 23.6 Å². The minimum Gasteiger partial charge on any atom is -0.477 e. The Morgan fingerprint density at radius 3 is 2.83 bits per heavy atom. The standard InChI is InChI=1S/C20H20N4O5S/c1-11(25)29-9-13-10-30-18-15(17(26)24(18)16(13)19(27)28)23-20-21-8-14(22-20)7-12-5-3-2-4-6-12/h2-6,8,15,18H,7,9-10H2,1H3,(H,27,28)(H2,21,22,23)/t15?,18-/m0/s1. The molecule has 2 aliphatic rings. The van der Waals surface area contributed by atoms with Crippen LogP contribution in [0.2, 0.25) is 0 Å². The molecule has 1 saturated heterocycles. The first-order chi connectivity index (χ1) is 14.4. The molecular weight excluding hydrogens is 408 g/mol. The molecule has 0 spiro atoms. The van der Waals surface area contributed by atoms with E-state index in [1.165, 1.54) is 23.6 Å². The van der Waals surface area contributed by atoms with Crippen molar-refractivity contribution in [2.75, 3.05) is 17.7 Å². The first-order valence-corrected chi connectivity index (χ1v) is 10.4. The van der Waals surface area contributed by atoms with Gasteiger partial charge in [0.15, 0.2) is 0 Å². The van der Waals surface area contributed by atoms with Gasteiger partial charge in [-0.05, 0) is 5.56 Å². The fourth-order valence-electron chi connectivity index (χ4n) is 3.46. The minimum atomic E-state index is -1.21. The molecule has 2 atom stereocenters. The molecule has 156 valence electrons. The van der Waals surface area contributed by atoms with Crippen LogP contribution in [-0.2, 0) is 25.5 Å². The lowest BCUT2D eigenvalue weighted by atomic mass is 10.0. The molecule has 2 aromatic rings. The molecule has 0 saturated carbocycles. The van der Waals surface area contributed by atoms with Gasteiger partial charge in [0.25, 0.3) is 5.91 Å². The maximum absolute atomic E-state index is 12.7. The van der Waals surface area contributed by atoms with Crippen LogP contribution in [0.25, 0.3) is 0 Å². The number of nitrogens with zero attached hydrogens (tertiary/aromatic N) is 2. The molecule has 3 heterocycles. The number of imidazole rings is 1. The van der Waals surface area contributed by atoms with Crippen molar-refractivity contribution in [1.82, 2.24) is 14.9 Å². The highest BCUT2D eigenvalue weighted by atomic mass is 32.2. The van der Waals surface area contributed by atoms with Gasteiger partial charge in [0, 0.05) is 30.9 Å². The number of carboxylic acid groups (broad SMARTS) is 1. The second-order valence-corrected chi connectivity index (χ2v) is 8.08. The Morgan fingerprint density at radius 1 is 1.37 bits per heavy atom. The average molecular weight is 428 g/mol. The number of carbonyl (C=O) groups is 3. The van der Waals surface area contributed by atoms with E-state index in [2.05, 4.69) is 15.3 Å². The predicted molar refractivity (Wildman–Crippen MR) is 110 cm³/mol. The number of aromatic amines is 1. The molecule has 1 aromatic heterocycles. The number of hydrogen-bond donors (Lipinski definition) is 3. The van der Waals surface area contributed by atoms with Crippen LogP contribution in [0.3, 0.4) is 0 Å². The van der Waals surface area contributed by atoms with Crippen LogP contribution in [0.15, 0.2) is 47.8 Å². The van der Waals surface area contributed by atoms with Crippen LogP contribution < -0.4 is 5.32 Å². The van der Waals surface area contributed by atoms with Gasteiger partial charge in [-0.15, -0.1) is 11.8 Å². The quantitative estimate of drug-likeness (QED) is 0.449. The second kappa shape index (κ2) is 8.23. The number of aliphatic carboxylic acids is 1. The Balaban J connectivity index is 1.44. The summed E-state index contributed by atoms with van der Waals surface area (Å²) in [6.45, 7) is 1.11. The number of benzene rings is 1. The number of amides is 1. The third kappa shape index (κ3) is 3.90. The lowest BCUT2D eigenvalue weighted by Gasteiger charge is -2.49. The molecule has 0 radical (unpaired) electrons. The smallest absolute Gasteiger partial charge is 0.352 e. The molecule has 1 aromatic carbocycles. The first-order valence-electron chi connectivity index (χ1n) is 9.32. The molecule has 1 amide bonds. The average Bonchev–Trinajstić information content (AvgIpc) is 3.17. The number of nitrogens with one attached hydrogen (secondary N) is 2. The van der Waals surface area contributed by atoms with E-state index in [0.717, 1.165) is 11.3 Å². The number of aromatic nitrogens is 2. The van der Waals surface area contributed by atoms with Crippen LogP contribution >= 0.6 is 11.8 Å². The topological polar surface area (TPSA) is 125 Å². The van der Waals surface area contributed by atoms with E-state index in [0.29, 0.717) is 23.7 Å². The number of rotatable bonds is 7. The lowest BCUT2D eigenvalue weighted by Crippen LogP contribution is -2.67. The van der Waals surface area contributed by atoms with E-state index in [9.17, 15) is 19.5 Å². The molecule has 10 heteroatoms. The number of H-pyrrole nitrogens is 1. The van der Waals surface area contributed by atoms with Crippen molar-refractivity contribution in [1.29, 1.82) is 0 Å². The summed E-state index contributed by atoms with van der Waals surface area (Å²) in [4.78, 5) is 44.3. The van der Waals surface area contributed by atoms with Crippen molar-refractivity contribution in [2.24, 2.45) is 0 Å².